The van der Waals surface area contributed by atoms with Crippen LogP contribution in [0.5, 0.6) is 5.75 Å². The number of rotatable bonds is 3. The van der Waals surface area contributed by atoms with Crippen molar-refractivity contribution in [3.8, 4) is 5.75 Å². The van der Waals surface area contributed by atoms with E-state index in [1.807, 2.05) is 26.0 Å². The standard InChI is InChI=1S/C20H23NO2/c1-15-13-18(14-16(2)20(15)22)4-3-17-5-7-19(8-6-17)21-9-11-23-12-10-21/h3-8,13-14,22H,9-12H2,1-2H3/b4-3+. The Labute approximate surface area is 137 Å². The highest BCUT2D eigenvalue weighted by molar-refractivity contribution is 5.71. The largest absolute Gasteiger partial charge is 0.507 e. The fraction of sp³-hybridized carbons (Fsp3) is 0.300. The first-order chi connectivity index (χ1) is 11.1. The third kappa shape index (κ3) is 3.74. The molecule has 2 aromatic rings. The number of morpholine rings is 1. The van der Waals surface area contributed by atoms with Crippen LogP contribution in [0.15, 0.2) is 36.4 Å². The van der Waals surface area contributed by atoms with Crippen molar-refractivity contribution in [3.05, 3.63) is 58.7 Å². The zero-order valence-electron chi connectivity index (χ0n) is 13.7. The van der Waals surface area contributed by atoms with Gasteiger partial charge in [0.05, 0.1) is 13.2 Å². The van der Waals surface area contributed by atoms with Crippen molar-refractivity contribution < 1.29 is 9.84 Å². The molecule has 0 unspecified atom stereocenters. The first-order valence-electron chi connectivity index (χ1n) is 8.04. The summed E-state index contributed by atoms with van der Waals surface area (Å²) in [6.07, 6.45) is 4.19. The molecule has 0 saturated carbocycles. The fourth-order valence-electron chi connectivity index (χ4n) is 2.90. The molecule has 2 aromatic carbocycles. The topological polar surface area (TPSA) is 32.7 Å². The number of aromatic hydroxyl groups is 1. The summed E-state index contributed by atoms with van der Waals surface area (Å²) in [5.74, 6) is 0.386. The summed E-state index contributed by atoms with van der Waals surface area (Å²) in [7, 11) is 0. The Kier molecular flexibility index (Phi) is 4.68. The lowest BCUT2D eigenvalue weighted by atomic mass is 10.0. The number of aryl methyl sites for hydroxylation is 2. The molecule has 23 heavy (non-hydrogen) atoms. The van der Waals surface area contributed by atoms with Crippen molar-refractivity contribution in [2.75, 3.05) is 31.2 Å². The Hall–Kier alpha value is -2.26. The summed E-state index contributed by atoms with van der Waals surface area (Å²) >= 11 is 0. The van der Waals surface area contributed by atoms with Crippen LogP contribution >= 0.6 is 0 Å². The van der Waals surface area contributed by atoms with Crippen molar-refractivity contribution in [2.45, 2.75) is 13.8 Å². The van der Waals surface area contributed by atoms with Crippen LogP contribution in [-0.2, 0) is 4.74 Å². The van der Waals surface area contributed by atoms with Gasteiger partial charge in [0.2, 0.25) is 0 Å². The van der Waals surface area contributed by atoms with Gasteiger partial charge >= 0.3 is 0 Å². The third-order valence-electron chi connectivity index (χ3n) is 4.25. The molecular weight excluding hydrogens is 286 g/mol. The van der Waals surface area contributed by atoms with Crippen molar-refractivity contribution in [1.29, 1.82) is 0 Å². The van der Waals surface area contributed by atoms with E-state index < -0.39 is 0 Å². The third-order valence-corrected chi connectivity index (χ3v) is 4.25. The summed E-state index contributed by atoms with van der Waals surface area (Å²) < 4.78 is 5.39. The maximum atomic E-state index is 9.83. The van der Waals surface area contributed by atoms with Crippen LogP contribution < -0.4 is 4.90 Å². The molecule has 0 spiro atoms. The number of phenols is 1. The zero-order valence-corrected chi connectivity index (χ0v) is 13.7. The summed E-state index contributed by atoms with van der Waals surface area (Å²) in [5.41, 5.74) is 5.35. The summed E-state index contributed by atoms with van der Waals surface area (Å²) in [6.45, 7) is 7.39. The molecule has 0 aliphatic carbocycles. The Morgan fingerprint density at radius 3 is 2.09 bits per heavy atom. The average Bonchev–Trinajstić information content (AvgIpc) is 2.59. The molecule has 0 aromatic heterocycles. The van der Waals surface area contributed by atoms with E-state index in [4.69, 9.17) is 4.74 Å². The predicted octanol–water partition coefficient (Wildman–Crippen LogP) is 4.02. The molecule has 0 amide bonds. The smallest absolute Gasteiger partial charge is 0.121 e. The molecular formula is C20H23NO2. The van der Waals surface area contributed by atoms with Crippen LogP contribution in [0, 0.1) is 13.8 Å². The zero-order chi connectivity index (χ0) is 16.2. The van der Waals surface area contributed by atoms with E-state index in [0.29, 0.717) is 5.75 Å². The fourth-order valence-corrected chi connectivity index (χ4v) is 2.90. The van der Waals surface area contributed by atoms with Crippen LogP contribution in [0.4, 0.5) is 5.69 Å². The first-order valence-corrected chi connectivity index (χ1v) is 8.04. The summed E-state index contributed by atoms with van der Waals surface area (Å²) in [5, 5.41) is 9.83. The second-order valence-electron chi connectivity index (χ2n) is 6.03. The Morgan fingerprint density at radius 1 is 0.913 bits per heavy atom. The first kappa shape index (κ1) is 15.6. The molecule has 3 heteroatoms. The lowest BCUT2D eigenvalue weighted by Gasteiger charge is -2.28. The number of hydrogen-bond acceptors (Lipinski definition) is 3. The van der Waals surface area contributed by atoms with Gasteiger partial charge in [-0.2, -0.15) is 0 Å². The van der Waals surface area contributed by atoms with Gasteiger partial charge in [0.1, 0.15) is 5.75 Å². The van der Waals surface area contributed by atoms with Crippen molar-refractivity contribution in [1.82, 2.24) is 0 Å². The molecule has 1 aliphatic heterocycles. The minimum atomic E-state index is 0.386. The van der Waals surface area contributed by atoms with Crippen LogP contribution in [0.2, 0.25) is 0 Å². The monoisotopic (exact) mass is 309 g/mol. The molecule has 1 N–H and O–H groups in total. The second kappa shape index (κ2) is 6.88. The Balaban J connectivity index is 1.72. The van der Waals surface area contributed by atoms with Gasteiger partial charge in [-0.1, -0.05) is 24.3 Å². The van der Waals surface area contributed by atoms with E-state index in [1.165, 1.54) is 11.3 Å². The van der Waals surface area contributed by atoms with Crippen LogP contribution in [0.1, 0.15) is 22.3 Å². The Bertz CT molecular complexity index is 675. The molecule has 1 fully saturated rings. The van der Waals surface area contributed by atoms with Crippen molar-refractivity contribution >= 4 is 17.8 Å². The number of anilines is 1. The number of hydrogen-bond donors (Lipinski definition) is 1. The molecule has 0 radical (unpaired) electrons. The maximum absolute atomic E-state index is 9.83. The van der Waals surface area contributed by atoms with Gasteiger partial charge < -0.3 is 14.7 Å². The molecule has 0 bridgehead atoms. The number of nitrogens with zero attached hydrogens (tertiary/aromatic N) is 1. The van der Waals surface area contributed by atoms with E-state index in [2.05, 4.69) is 41.3 Å². The van der Waals surface area contributed by atoms with Crippen LogP contribution in [0.25, 0.3) is 12.2 Å². The summed E-state index contributed by atoms with van der Waals surface area (Å²) in [6, 6.07) is 12.6. The SMILES string of the molecule is Cc1cc(/C=C/c2ccc(N3CCOCC3)cc2)cc(C)c1O. The lowest BCUT2D eigenvalue weighted by Crippen LogP contribution is -2.36. The van der Waals surface area contributed by atoms with Gasteiger partial charge in [-0.3, -0.25) is 0 Å². The normalized spacial score (nSPS) is 15.3. The molecule has 1 saturated heterocycles. The molecule has 0 atom stereocenters. The van der Waals surface area contributed by atoms with E-state index in [-0.39, 0.29) is 0 Å². The number of phenolic OH excluding ortho intramolecular Hbond substituents is 1. The van der Waals surface area contributed by atoms with E-state index in [9.17, 15) is 5.11 Å². The molecule has 1 heterocycles. The molecule has 120 valence electrons. The van der Waals surface area contributed by atoms with Crippen LogP contribution in [0.3, 0.4) is 0 Å². The maximum Gasteiger partial charge on any atom is 0.121 e. The number of ether oxygens (including phenoxy) is 1. The van der Waals surface area contributed by atoms with E-state index in [0.717, 1.165) is 43.0 Å². The highest BCUT2D eigenvalue weighted by Crippen LogP contribution is 2.24. The van der Waals surface area contributed by atoms with E-state index in [1.54, 1.807) is 0 Å². The van der Waals surface area contributed by atoms with Crippen molar-refractivity contribution in [2.24, 2.45) is 0 Å². The minimum Gasteiger partial charge on any atom is -0.507 e. The molecule has 3 nitrogen and oxygen atoms in total. The van der Waals surface area contributed by atoms with Gasteiger partial charge in [-0.15, -0.1) is 0 Å². The number of benzene rings is 2. The van der Waals surface area contributed by atoms with Gasteiger partial charge in [0.15, 0.2) is 0 Å². The van der Waals surface area contributed by atoms with Gasteiger partial charge in [0.25, 0.3) is 0 Å². The lowest BCUT2D eigenvalue weighted by molar-refractivity contribution is 0.122. The summed E-state index contributed by atoms with van der Waals surface area (Å²) in [4.78, 5) is 2.35. The van der Waals surface area contributed by atoms with Crippen molar-refractivity contribution in [3.63, 3.8) is 0 Å². The quantitative estimate of drug-likeness (QED) is 0.869. The highest BCUT2D eigenvalue weighted by atomic mass is 16.5. The second-order valence-corrected chi connectivity index (χ2v) is 6.03. The minimum absolute atomic E-state index is 0.386. The van der Waals surface area contributed by atoms with Gasteiger partial charge in [-0.05, 0) is 60.4 Å². The Morgan fingerprint density at radius 2 is 1.48 bits per heavy atom. The van der Waals surface area contributed by atoms with Gasteiger partial charge in [0, 0.05) is 18.8 Å². The predicted molar refractivity (Wildman–Crippen MR) is 96.0 cm³/mol. The average molecular weight is 309 g/mol. The highest BCUT2D eigenvalue weighted by Gasteiger charge is 2.10. The van der Waals surface area contributed by atoms with Gasteiger partial charge in [-0.25, -0.2) is 0 Å². The molecule has 1 aliphatic rings. The van der Waals surface area contributed by atoms with E-state index >= 15 is 0 Å². The van der Waals surface area contributed by atoms with Crippen LogP contribution in [-0.4, -0.2) is 31.4 Å². The molecule has 3 rings (SSSR count).